The molecule has 0 saturated carbocycles. The fraction of sp³-hybridized carbons (Fsp3) is 0.500. The Bertz CT molecular complexity index is 226. The SMILES string of the molecule is CCN(CCBr)Cc1ccncc1. The molecule has 0 aliphatic carbocycles. The van der Waals surface area contributed by atoms with Gasteiger partial charge in [-0.25, -0.2) is 0 Å². The molecule has 1 aromatic heterocycles. The van der Waals surface area contributed by atoms with E-state index in [2.05, 4.69) is 44.9 Å². The molecule has 0 aliphatic heterocycles. The first-order valence-electron chi connectivity index (χ1n) is 4.54. The standard InChI is InChI=1S/C10H15BrN2/c1-2-13(8-5-11)9-10-3-6-12-7-4-10/h3-4,6-7H,2,5,8-9H2,1H3. The van der Waals surface area contributed by atoms with Gasteiger partial charge in [-0.1, -0.05) is 22.9 Å². The first-order valence-corrected chi connectivity index (χ1v) is 5.66. The minimum Gasteiger partial charge on any atom is -0.299 e. The van der Waals surface area contributed by atoms with Crippen LogP contribution in [-0.4, -0.2) is 28.3 Å². The van der Waals surface area contributed by atoms with Gasteiger partial charge in [-0.15, -0.1) is 0 Å². The first-order chi connectivity index (χ1) is 6.36. The lowest BCUT2D eigenvalue weighted by Gasteiger charge is -2.18. The van der Waals surface area contributed by atoms with Gasteiger partial charge in [0.2, 0.25) is 0 Å². The van der Waals surface area contributed by atoms with Crippen molar-refractivity contribution in [3.63, 3.8) is 0 Å². The van der Waals surface area contributed by atoms with Gasteiger partial charge in [0, 0.05) is 30.8 Å². The van der Waals surface area contributed by atoms with Gasteiger partial charge < -0.3 is 0 Å². The highest BCUT2D eigenvalue weighted by molar-refractivity contribution is 9.09. The Labute approximate surface area is 88.1 Å². The lowest BCUT2D eigenvalue weighted by molar-refractivity contribution is 0.299. The van der Waals surface area contributed by atoms with E-state index in [9.17, 15) is 0 Å². The second-order valence-electron chi connectivity index (χ2n) is 2.91. The summed E-state index contributed by atoms with van der Waals surface area (Å²) in [5.41, 5.74) is 1.33. The minimum absolute atomic E-state index is 1.02. The Balaban J connectivity index is 2.46. The predicted molar refractivity (Wildman–Crippen MR) is 59.0 cm³/mol. The highest BCUT2D eigenvalue weighted by Gasteiger charge is 2.01. The van der Waals surface area contributed by atoms with Gasteiger partial charge in [0.05, 0.1) is 0 Å². The molecule has 0 N–H and O–H groups in total. The molecule has 1 aromatic rings. The molecule has 0 aromatic carbocycles. The molecular formula is C10H15BrN2. The molecule has 0 aliphatic rings. The Morgan fingerprint density at radius 2 is 2.08 bits per heavy atom. The highest BCUT2D eigenvalue weighted by Crippen LogP contribution is 2.02. The summed E-state index contributed by atoms with van der Waals surface area (Å²) in [6, 6.07) is 4.13. The predicted octanol–water partition coefficient (Wildman–Crippen LogP) is 2.30. The molecular weight excluding hydrogens is 228 g/mol. The van der Waals surface area contributed by atoms with E-state index in [0.29, 0.717) is 0 Å². The maximum absolute atomic E-state index is 4.00. The fourth-order valence-electron chi connectivity index (χ4n) is 1.21. The van der Waals surface area contributed by atoms with Crippen LogP contribution >= 0.6 is 15.9 Å². The number of hydrogen-bond donors (Lipinski definition) is 0. The van der Waals surface area contributed by atoms with Gasteiger partial charge in [-0.05, 0) is 24.2 Å². The molecule has 0 bridgehead atoms. The van der Waals surface area contributed by atoms with E-state index < -0.39 is 0 Å². The van der Waals surface area contributed by atoms with Crippen molar-refractivity contribution in [3.8, 4) is 0 Å². The van der Waals surface area contributed by atoms with Crippen LogP contribution in [0.2, 0.25) is 0 Å². The zero-order chi connectivity index (χ0) is 9.52. The van der Waals surface area contributed by atoms with E-state index in [4.69, 9.17) is 0 Å². The molecule has 0 saturated heterocycles. The third-order valence-electron chi connectivity index (χ3n) is 2.00. The molecule has 0 spiro atoms. The van der Waals surface area contributed by atoms with Gasteiger partial charge in [-0.2, -0.15) is 0 Å². The number of halogens is 1. The van der Waals surface area contributed by atoms with Crippen molar-refractivity contribution in [1.82, 2.24) is 9.88 Å². The van der Waals surface area contributed by atoms with Crippen LogP contribution in [0.5, 0.6) is 0 Å². The van der Waals surface area contributed by atoms with Gasteiger partial charge >= 0.3 is 0 Å². The van der Waals surface area contributed by atoms with Crippen molar-refractivity contribution in [2.75, 3.05) is 18.4 Å². The number of alkyl halides is 1. The summed E-state index contributed by atoms with van der Waals surface area (Å²) in [5, 5.41) is 1.03. The normalized spacial score (nSPS) is 10.7. The fourth-order valence-corrected chi connectivity index (χ4v) is 1.72. The second-order valence-corrected chi connectivity index (χ2v) is 3.71. The highest BCUT2D eigenvalue weighted by atomic mass is 79.9. The van der Waals surface area contributed by atoms with Crippen LogP contribution in [-0.2, 0) is 6.54 Å². The molecule has 0 unspecified atom stereocenters. The van der Waals surface area contributed by atoms with Crippen LogP contribution in [0.4, 0.5) is 0 Å². The van der Waals surface area contributed by atoms with E-state index in [1.54, 1.807) is 0 Å². The summed E-state index contributed by atoms with van der Waals surface area (Å²) in [5.74, 6) is 0. The maximum atomic E-state index is 4.00. The van der Waals surface area contributed by atoms with Crippen LogP contribution in [0, 0.1) is 0 Å². The van der Waals surface area contributed by atoms with E-state index >= 15 is 0 Å². The quantitative estimate of drug-likeness (QED) is 0.737. The van der Waals surface area contributed by atoms with Gasteiger partial charge in [0.25, 0.3) is 0 Å². The smallest absolute Gasteiger partial charge is 0.0271 e. The number of aromatic nitrogens is 1. The molecule has 13 heavy (non-hydrogen) atoms. The largest absolute Gasteiger partial charge is 0.299 e. The number of rotatable bonds is 5. The summed E-state index contributed by atoms with van der Waals surface area (Å²) < 4.78 is 0. The zero-order valence-electron chi connectivity index (χ0n) is 7.91. The topological polar surface area (TPSA) is 16.1 Å². The van der Waals surface area contributed by atoms with Crippen LogP contribution in [0.3, 0.4) is 0 Å². The van der Waals surface area contributed by atoms with Crippen molar-refractivity contribution in [1.29, 1.82) is 0 Å². The molecule has 0 radical (unpaired) electrons. The van der Waals surface area contributed by atoms with Crippen molar-refractivity contribution < 1.29 is 0 Å². The molecule has 1 rings (SSSR count). The summed E-state index contributed by atoms with van der Waals surface area (Å²) >= 11 is 3.45. The molecule has 0 amide bonds. The van der Waals surface area contributed by atoms with Crippen LogP contribution in [0.1, 0.15) is 12.5 Å². The summed E-state index contributed by atoms with van der Waals surface area (Å²) in [7, 11) is 0. The van der Waals surface area contributed by atoms with Gasteiger partial charge in [0.15, 0.2) is 0 Å². The monoisotopic (exact) mass is 242 g/mol. The average Bonchev–Trinajstić information content (AvgIpc) is 2.19. The van der Waals surface area contributed by atoms with Crippen molar-refractivity contribution >= 4 is 15.9 Å². The minimum atomic E-state index is 1.02. The molecule has 3 heteroatoms. The number of hydrogen-bond acceptors (Lipinski definition) is 2. The van der Waals surface area contributed by atoms with E-state index in [1.807, 2.05) is 12.4 Å². The van der Waals surface area contributed by atoms with Crippen molar-refractivity contribution in [3.05, 3.63) is 30.1 Å². The maximum Gasteiger partial charge on any atom is 0.0271 e. The molecule has 72 valence electrons. The van der Waals surface area contributed by atoms with Crippen molar-refractivity contribution in [2.24, 2.45) is 0 Å². The van der Waals surface area contributed by atoms with Crippen molar-refractivity contribution in [2.45, 2.75) is 13.5 Å². The summed E-state index contributed by atoms with van der Waals surface area (Å²) in [6.07, 6.45) is 3.69. The number of pyridine rings is 1. The Morgan fingerprint density at radius 3 is 2.62 bits per heavy atom. The zero-order valence-corrected chi connectivity index (χ0v) is 9.50. The molecule has 2 nitrogen and oxygen atoms in total. The molecule has 1 heterocycles. The second kappa shape index (κ2) is 6.11. The Hall–Kier alpha value is -0.410. The summed E-state index contributed by atoms with van der Waals surface area (Å²) in [4.78, 5) is 6.39. The van der Waals surface area contributed by atoms with E-state index in [-0.39, 0.29) is 0 Å². The third kappa shape index (κ3) is 3.87. The van der Waals surface area contributed by atoms with Crippen LogP contribution < -0.4 is 0 Å². The van der Waals surface area contributed by atoms with Crippen LogP contribution in [0.25, 0.3) is 0 Å². The Kier molecular flexibility index (Phi) is 5.01. The van der Waals surface area contributed by atoms with Gasteiger partial charge in [-0.3, -0.25) is 9.88 Å². The first kappa shape index (κ1) is 10.7. The average molecular weight is 243 g/mol. The Morgan fingerprint density at radius 1 is 1.38 bits per heavy atom. The molecule has 0 atom stereocenters. The van der Waals surface area contributed by atoms with Gasteiger partial charge in [0.1, 0.15) is 0 Å². The lowest BCUT2D eigenvalue weighted by atomic mass is 10.2. The molecule has 0 fully saturated rings. The van der Waals surface area contributed by atoms with E-state index in [1.165, 1.54) is 5.56 Å². The lowest BCUT2D eigenvalue weighted by Crippen LogP contribution is -2.24. The van der Waals surface area contributed by atoms with E-state index in [0.717, 1.165) is 25.0 Å². The van der Waals surface area contributed by atoms with Crippen LogP contribution in [0.15, 0.2) is 24.5 Å². The summed E-state index contributed by atoms with van der Waals surface area (Å²) in [6.45, 7) is 5.39. The third-order valence-corrected chi connectivity index (χ3v) is 2.36. The number of nitrogens with zero attached hydrogens (tertiary/aromatic N) is 2.